The van der Waals surface area contributed by atoms with Crippen LogP contribution >= 0.6 is 27.5 Å². The number of rotatable bonds is 2. The first-order valence-electron chi connectivity index (χ1n) is 4.98. The quantitative estimate of drug-likeness (QED) is 0.627. The number of carbonyl (C=O) groups excluding carboxylic acids is 1. The Hall–Kier alpha value is -1.46. The van der Waals surface area contributed by atoms with Gasteiger partial charge in [0.05, 0.1) is 23.4 Å². The van der Waals surface area contributed by atoms with E-state index in [0.717, 1.165) is 5.56 Å². The Morgan fingerprint density at radius 1 is 1.39 bits per heavy atom. The maximum atomic E-state index is 11.4. The third kappa shape index (κ3) is 2.68. The molecule has 0 aliphatic rings. The van der Waals surface area contributed by atoms with Crippen LogP contribution in [0.2, 0.25) is 5.02 Å². The van der Waals surface area contributed by atoms with Crippen molar-refractivity contribution in [2.24, 2.45) is 0 Å². The molecule has 0 atom stereocenters. The fourth-order valence-corrected chi connectivity index (χ4v) is 2.04. The molecule has 18 heavy (non-hydrogen) atoms. The van der Waals surface area contributed by atoms with Crippen LogP contribution in [0.15, 0.2) is 35.2 Å². The first kappa shape index (κ1) is 13.0. The van der Waals surface area contributed by atoms with Gasteiger partial charge in [-0.25, -0.2) is 14.8 Å². The van der Waals surface area contributed by atoms with Crippen molar-refractivity contribution in [1.29, 1.82) is 0 Å². The van der Waals surface area contributed by atoms with Gasteiger partial charge in [0.2, 0.25) is 0 Å². The standard InChI is InChI=1S/C12H8BrClN2O2/c1-18-11(17)7-2-3-8(9(14)6-7)10-4-5-15-12(13)16-10/h2-6H,1H3. The lowest BCUT2D eigenvalue weighted by Crippen LogP contribution is -2.01. The van der Waals surface area contributed by atoms with Crippen LogP contribution in [0, 0.1) is 0 Å². The molecule has 0 bridgehead atoms. The van der Waals surface area contributed by atoms with Crippen molar-refractivity contribution in [2.75, 3.05) is 7.11 Å². The fraction of sp³-hybridized carbons (Fsp3) is 0.0833. The summed E-state index contributed by atoms with van der Waals surface area (Å²) in [4.78, 5) is 19.5. The van der Waals surface area contributed by atoms with Gasteiger partial charge in [-0.2, -0.15) is 0 Å². The second kappa shape index (κ2) is 5.46. The van der Waals surface area contributed by atoms with Crippen molar-refractivity contribution in [1.82, 2.24) is 9.97 Å². The van der Waals surface area contributed by atoms with Gasteiger partial charge in [-0.15, -0.1) is 0 Å². The summed E-state index contributed by atoms with van der Waals surface area (Å²) in [6, 6.07) is 6.66. The van der Waals surface area contributed by atoms with Crippen LogP contribution in [0.25, 0.3) is 11.3 Å². The van der Waals surface area contributed by atoms with Gasteiger partial charge in [0, 0.05) is 11.8 Å². The van der Waals surface area contributed by atoms with E-state index in [1.165, 1.54) is 7.11 Å². The highest BCUT2D eigenvalue weighted by Gasteiger charge is 2.11. The predicted molar refractivity (Wildman–Crippen MR) is 71.5 cm³/mol. The Kier molecular flexibility index (Phi) is 3.93. The van der Waals surface area contributed by atoms with Crippen LogP contribution in [0.1, 0.15) is 10.4 Å². The van der Waals surface area contributed by atoms with Gasteiger partial charge < -0.3 is 4.74 Å². The first-order valence-corrected chi connectivity index (χ1v) is 6.15. The zero-order valence-corrected chi connectivity index (χ0v) is 11.7. The largest absolute Gasteiger partial charge is 0.465 e. The molecule has 6 heteroatoms. The average molecular weight is 328 g/mol. The van der Waals surface area contributed by atoms with Crippen LogP contribution in [-0.2, 0) is 4.74 Å². The van der Waals surface area contributed by atoms with Crippen LogP contribution in [0.4, 0.5) is 0 Å². The summed E-state index contributed by atoms with van der Waals surface area (Å²) in [7, 11) is 1.33. The van der Waals surface area contributed by atoms with E-state index < -0.39 is 5.97 Å². The molecule has 1 aromatic heterocycles. The minimum absolute atomic E-state index is 0.402. The van der Waals surface area contributed by atoms with Gasteiger partial charge in [0.1, 0.15) is 0 Å². The molecule has 2 aromatic rings. The number of nitrogens with zero attached hydrogens (tertiary/aromatic N) is 2. The van der Waals surface area contributed by atoms with Crippen LogP contribution in [0.5, 0.6) is 0 Å². The minimum atomic E-state index is -0.424. The summed E-state index contributed by atoms with van der Waals surface area (Å²) < 4.78 is 5.10. The molecule has 0 saturated carbocycles. The Balaban J connectivity index is 2.45. The number of esters is 1. The van der Waals surface area contributed by atoms with E-state index in [1.807, 2.05) is 0 Å². The third-order valence-electron chi connectivity index (χ3n) is 2.29. The number of halogens is 2. The number of benzene rings is 1. The Bertz CT molecular complexity index is 604. The molecule has 4 nitrogen and oxygen atoms in total. The minimum Gasteiger partial charge on any atom is -0.465 e. The van der Waals surface area contributed by atoms with Gasteiger partial charge in [-0.1, -0.05) is 17.7 Å². The SMILES string of the molecule is COC(=O)c1ccc(-c2ccnc(Br)n2)c(Cl)c1. The molecular weight excluding hydrogens is 320 g/mol. The molecule has 0 amide bonds. The molecule has 0 N–H and O–H groups in total. The number of methoxy groups -OCH3 is 1. The first-order chi connectivity index (χ1) is 8.61. The van der Waals surface area contributed by atoms with E-state index in [4.69, 9.17) is 11.6 Å². The van der Waals surface area contributed by atoms with E-state index in [9.17, 15) is 4.79 Å². The number of hydrogen-bond donors (Lipinski definition) is 0. The Morgan fingerprint density at radius 2 is 2.17 bits per heavy atom. The summed E-state index contributed by atoms with van der Waals surface area (Å²) in [5.41, 5.74) is 1.81. The summed E-state index contributed by atoms with van der Waals surface area (Å²) in [6.07, 6.45) is 1.62. The number of aromatic nitrogens is 2. The lowest BCUT2D eigenvalue weighted by Gasteiger charge is -2.05. The third-order valence-corrected chi connectivity index (χ3v) is 2.99. The maximum absolute atomic E-state index is 11.4. The predicted octanol–water partition coefficient (Wildman–Crippen LogP) is 3.35. The topological polar surface area (TPSA) is 52.1 Å². The maximum Gasteiger partial charge on any atom is 0.337 e. The summed E-state index contributed by atoms with van der Waals surface area (Å²) >= 11 is 9.33. The fourth-order valence-electron chi connectivity index (χ4n) is 1.45. The normalized spacial score (nSPS) is 10.2. The number of ether oxygens (including phenoxy) is 1. The summed E-state index contributed by atoms with van der Waals surface area (Å²) in [5, 5.41) is 0.434. The Morgan fingerprint density at radius 3 is 2.78 bits per heavy atom. The highest BCUT2D eigenvalue weighted by molar-refractivity contribution is 9.10. The van der Waals surface area contributed by atoms with Crippen molar-refractivity contribution in [3.05, 3.63) is 45.8 Å². The van der Waals surface area contributed by atoms with Crippen LogP contribution < -0.4 is 0 Å². The molecule has 0 aliphatic heterocycles. The number of carbonyl (C=O) groups is 1. The lowest BCUT2D eigenvalue weighted by atomic mass is 10.1. The van der Waals surface area contributed by atoms with E-state index in [-0.39, 0.29) is 0 Å². The lowest BCUT2D eigenvalue weighted by molar-refractivity contribution is 0.0601. The molecule has 0 saturated heterocycles. The van der Waals surface area contributed by atoms with Crippen molar-refractivity contribution in [2.45, 2.75) is 0 Å². The summed E-state index contributed by atoms with van der Waals surface area (Å²) in [5.74, 6) is -0.424. The molecule has 0 unspecified atom stereocenters. The summed E-state index contributed by atoms with van der Waals surface area (Å²) in [6.45, 7) is 0. The molecule has 1 aromatic carbocycles. The molecule has 1 heterocycles. The van der Waals surface area contributed by atoms with Crippen LogP contribution in [0.3, 0.4) is 0 Å². The molecule has 92 valence electrons. The second-order valence-electron chi connectivity index (χ2n) is 3.40. The van der Waals surface area contributed by atoms with Gasteiger partial charge >= 0.3 is 5.97 Å². The van der Waals surface area contributed by atoms with Crippen molar-refractivity contribution in [3.63, 3.8) is 0 Å². The zero-order chi connectivity index (χ0) is 13.1. The van der Waals surface area contributed by atoms with Gasteiger partial charge in [-0.3, -0.25) is 0 Å². The molecule has 2 rings (SSSR count). The van der Waals surface area contributed by atoms with E-state index in [2.05, 4.69) is 30.6 Å². The van der Waals surface area contributed by atoms with Crippen molar-refractivity contribution >= 4 is 33.5 Å². The van der Waals surface area contributed by atoms with E-state index in [1.54, 1.807) is 30.5 Å². The molecule has 0 radical (unpaired) electrons. The van der Waals surface area contributed by atoms with Gasteiger partial charge in [-0.05, 0) is 34.1 Å². The highest BCUT2D eigenvalue weighted by atomic mass is 79.9. The molecular formula is C12H8BrClN2O2. The van der Waals surface area contributed by atoms with Crippen molar-refractivity contribution < 1.29 is 9.53 Å². The second-order valence-corrected chi connectivity index (χ2v) is 4.51. The average Bonchev–Trinajstić information content (AvgIpc) is 2.37. The van der Waals surface area contributed by atoms with Gasteiger partial charge in [0.15, 0.2) is 4.73 Å². The van der Waals surface area contributed by atoms with E-state index >= 15 is 0 Å². The Labute approximate surface area is 117 Å². The zero-order valence-electron chi connectivity index (χ0n) is 9.35. The van der Waals surface area contributed by atoms with Crippen molar-refractivity contribution in [3.8, 4) is 11.3 Å². The highest BCUT2D eigenvalue weighted by Crippen LogP contribution is 2.27. The molecule has 0 spiro atoms. The van der Waals surface area contributed by atoms with Crippen LogP contribution in [-0.4, -0.2) is 23.0 Å². The van der Waals surface area contributed by atoms with E-state index in [0.29, 0.717) is 21.0 Å². The van der Waals surface area contributed by atoms with Gasteiger partial charge in [0.25, 0.3) is 0 Å². The number of hydrogen-bond acceptors (Lipinski definition) is 4. The smallest absolute Gasteiger partial charge is 0.337 e. The molecule has 0 fully saturated rings. The monoisotopic (exact) mass is 326 g/mol. The molecule has 0 aliphatic carbocycles.